The first-order valence-electron chi connectivity index (χ1n) is 6.26. The van der Waals surface area contributed by atoms with E-state index in [-0.39, 0.29) is 11.7 Å². The molecule has 1 rings (SSSR count). The van der Waals surface area contributed by atoms with Gasteiger partial charge in [0.2, 0.25) is 0 Å². The fraction of sp³-hybridized carbons (Fsp3) is 0.500. The molecule has 5 heteroatoms. The molecule has 0 unspecified atom stereocenters. The summed E-state index contributed by atoms with van der Waals surface area (Å²) >= 11 is 0. The molecule has 0 heterocycles. The number of nitrogens with one attached hydrogen (secondary N) is 1. The molecule has 0 spiro atoms. The lowest BCUT2D eigenvalue weighted by Crippen LogP contribution is -2.47. The molecule has 1 amide bonds. The molecule has 0 saturated carbocycles. The maximum Gasteiger partial charge on any atom is 0.263 e. The lowest BCUT2D eigenvalue weighted by Gasteiger charge is -2.25. The van der Waals surface area contributed by atoms with Gasteiger partial charge in [-0.1, -0.05) is 0 Å². The fourth-order valence-electron chi connectivity index (χ4n) is 1.44. The van der Waals surface area contributed by atoms with Crippen LogP contribution in [0.4, 0.5) is 4.39 Å². The second-order valence-electron chi connectivity index (χ2n) is 4.52. The second-order valence-corrected chi connectivity index (χ2v) is 4.52. The van der Waals surface area contributed by atoms with E-state index in [0.717, 1.165) is 0 Å². The summed E-state index contributed by atoms with van der Waals surface area (Å²) in [5.41, 5.74) is -1.02. The molecule has 0 aliphatic rings. The molecule has 0 aliphatic heterocycles. The third kappa shape index (κ3) is 5.26. The zero-order valence-electron chi connectivity index (χ0n) is 11.5. The highest BCUT2D eigenvalue weighted by atomic mass is 19.1. The monoisotopic (exact) mass is 269 g/mol. The normalized spacial score (nSPS) is 11.2. The number of rotatable bonds is 7. The van der Waals surface area contributed by atoms with E-state index in [1.54, 1.807) is 13.8 Å². The predicted octanol–water partition coefficient (Wildman–Crippen LogP) is 2.14. The summed E-state index contributed by atoms with van der Waals surface area (Å²) in [6.45, 7) is 6.73. The van der Waals surface area contributed by atoms with E-state index >= 15 is 0 Å². The molecule has 0 radical (unpaired) electrons. The van der Waals surface area contributed by atoms with E-state index in [4.69, 9.17) is 9.47 Å². The quantitative estimate of drug-likeness (QED) is 0.771. The average molecular weight is 269 g/mol. The van der Waals surface area contributed by atoms with Gasteiger partial charge in [0, 0.05) is 13.2 Å². The summed E-state index contributed by atoms with van der Waals surface area (Å²) in [7, 11) is 0. The fourth-order valence-corrected chi connectivity index (χ4v) is 1.44. The van der Waals surface area contributed by atoms with Crippen LogP contribution < -0.4 is 10.1 Å². The standard InChI is InChI=1S/C14H20FNO3/c1-4-18-10-9-16-13(17)14(2,3)19-12-7-5-11(15)6-8-12/h5-8H,4,9-10H2,1-3H3,(H,16,17). The summed E-state index contributed by atoms with van der Waals surface area (Å²) < 4.78 is 23.5. The SMILES string of the molecule is CCOCCNC(=O)C(C)(C)Oc1ccc(F)cc1. The highest BCUT2D eigenvalue weighted by molar-refractivity contribution is 5.84. The smallest absolute Gasteiger partial charge is 0.263 e. The first kappa shape index (κ1) is 15.4. The van der Waals surface area contributed by atoms with Gasteiger partial charge >= 0.3 is 0 Å². The van der Waals surface area contributed by atoms with E-state index < -0.39 is 5.60 Å². The van der Waals surface area contributed by atoms with Crippen molar-refractivity contribution in [1.82, 2.24) is 5.32 Å². The minimum Gasteiger partial charge on any atom is -0.478 e. The van der Waals surface area contributed by atoms with Crippen molar-refractivity contribution < 1.29 is 18.7 Å². The molecule has 0 aliphatic carbocycles. The zero-order chi connectivity index (χ0) is 14.3. The Kier molecular flexibility index (Phi) is 5.76. The van der Waals surface area contributed by atoms with Crippen LogP contribution in [0, 0.1) is 5.82 Å². The summed E-state index contributed by atoms with van der Waals surface area (Å²) in [5, 5.41) is 2.73. The molecule has 0 bridgehead atoms. The summed E-state index contributed by atoms with van der Waals surface area (Å²) in [6, 6.07) is 5.56. The average Bonchev–Trinajstić information content (AvgIpc) is 2.37. The Bertz CT molecular complexity index is 404. The number of ether oxygens (including phenoxy) is 2. The zero-order valence-corrected chi connectivity index (χ0v) is 11.5. The Balaban J connectivity index is 2.49. The minimum absolute atomic E-state index is 0.239. The molecular formula is C14H20FNO3. The van der Waals surface area contributed by atoms with Crippen molar-refractivity contribution in [1.29, 1.82) is 0 Å². The van der Waals surface area contributed by atoms with Gasteiger partial charge in [-0.3, -0.25) is 4.79 Å². The topological polar surface area (TPSA) is 47.6 Å². The van der Waals surface area contributed by atoms with Crippen LogP contribution in [0.5, 0.6) is 5.75 Å². The van der Waals surface area contributed by atoms with Crippen LogP contribution in [-0.4, -0.2) is 31.3 Å². The maximum absolute atomic E-state index is 12.8. The Labute approximate surface area is 112 Å². The molecule has 19 heavy (non-hydrogen) atoms. The van der Waals surface area contributed by atoms with Crippen molar-refractivity contribution in [2.45, 2.75) is 26.4 Å². The minimum atomic E-state index is -1.02. The van der Waals surface area contributed by atoms with Crippen LogP contribution in [-0.2, 0) is 9.53 Å². The lowest BCUT2D eigenvalue weighted by molar-refractivity contribution is -0.134. The largest absolute Gasteiger partial charge is 0.478 e. The van der Waals surface area contributed by atoms with E-state index in [2.05, 4.69) is 5.32 Å². The van der Waals surface area contributed by atoms with Crippen molar-refractivity contribution in [2.75, 3.05) is 19.8 Å². The van der Waals surface area contributed by atoms with Crippen LogP contribution in [0.15, 0.2) is 24.3 Å². The molecule has 1 aromatic carbocycles. The van der Waals surface area contributed by atoms with E-state index in [1.165, 1.54) is 24.3 Å². The van der Waals surface area contributed by atoms with Gasteiger partial charge in [-0.2, -0.15) is 0 Å². The van der Waals surface area contributed by atoms with Gasteiger partial charge in [0.05, 0.1) is 6.61 Å². The number of benzene rings is 1. The molecular weight excluding hydrogens is 249 g/mol. The van der Waals surface area contributed by atoms with E-state index in [0.29, 0.717) is 25.5 Å². The third-order valence-corrected chi connectivity index (χ3v) is 2.47. The van der Waals surface area contributed by atoms with Gasteiger partial charge in [0.1, 0.15) is 11.6 Å². The molecule has 1 N–H and O–H groups in total. The molecule has 106 valence electrons. The first-order chi connectivity index (χ1) is 8.95. The van der Waals surface area contributed by atoms with Crippen molar-refractivity contribution in [3.05, 3.63) is 30.1 Å². The Morgan fingerprint density at radius 1 is 1.32 bits per heavy atom. The summed E-state index contributed by atoms with van der Waals surface area (Å²) in [4.78, 5) is 11.9. The molecule has 0 atom stereocenters. The van der Waals surface area contributed by atoms with E-state index in [1.807, 2.05) is 6.92 Å². The third-order valence-electron chi connectivity index (χ3n) is 2.47. The van der Waals surface area contributed by atoms with Crippen molar-refractivity contribution in [2.24, 2.45) is 0 Å². The van der Waals surface area contributed by atoms with Crippen molar-refractivity contribution in [3.8, 4) is 5.75 Å². The van der Waals surface area contributed by atoms with Crippen molar-refractivity contribution in [3.63, 3.8) is 0 Å². The lowest BCUT2D eigenvalue weighted by atomic mass is 10.1. The van der Waals surface area contributed by atoms with Gasteiger partial charge in [-0.15, -0.1) is 0 Å². The van der Waals surface area contributed by atoms with Gasteiger partial charge < -0.3 is 14.8 Å². The Morgan fingerprint density at radius 2 is 1.95 bits per heavy atom. The van der Waals surface area contributed by atoms with Crippen LogP contribution in [0.1, 0.15) is 20.8 Å². The summed E-state index contributed by atoms with van der Waals surface area (Å²) in [5.74, 6) is -0.130. The number of hydrogen-bond acceptors (Lipinski definition) is 3. The van der Waals surface area contributed by atoms with Gasteiger partial charge in [-0.25, -0.2) is 4.39 Å². The highest BCUT2D eigenvalue weighted by Gasteiger charge is 2.29. The predicted molar refractivity (Wildman–Crippen MR) is 70.6 cm³/mol. The van der Waals surface area contributed by atoms with Gasteiger partial charge in [-0.05, 0) is 45.0 Å². The number of hydrogen-bond donors (Lipinski definition) is 1. The Hall–Kier alpha value is -1.62. The highest BCUT2D eigenvalue weighted by Crippen LogP contribution is 2.18. The maximum atomic E-state index is 12.8. The Morgan fingerprint density at radius 3 is 2.53 bits per heavy atom. The number of amides is 1. The molecule has 0 fully saturated rings. The number of carbonyl (C=O) groups is 1. The van der Waals surface area contributed by atoms with Crippen LogP contribution in [0.2, 0.25) is 0 Å². The van der Waals surface area contributed by atoms with Crippen LogP contribution >= 0.6 is 0 Å². The van der Waals surface area contributed by atoms with Crippen molar-refractivity contribution >= 4 is 5.91 Å². The van der Waals surface area contributed by atoms with Crippen LogP contribution in [0.3, 0.4) is 0 Å². The molecule has 1 aromatic rings. The second kappa shape index (κ2) is 7.09. The van der Waals surface area contributed by atoms with Gasteiger partial charge in [0.15, 0.2) is 5.60 Å². The number of carbonyl (C=O) groups excluding carboxylic acids is 1. The molecule has 4 nitrogen and oxygen atoms in total. The molecule has 0 aromatic heterocycles. The molecule has 0 saturated heterocycles. The first-order valence-corrected chi connectivity index (χ1v) is 6.26. The summed E-state index contributed by atoms with van der Waals surface area (Å²) in [6.07, 6.45) is 0. The van der Waals surface area contributed by atoms with Crippen LogP contribution in [0.25, 0.3) is 0 Å². The van der Waals surface area contributed by atoms with Gasteiger partial charge in [0.25, 0.3) is 5.91 Å². The van der Waals surface area contributed by atoms with E-state index in [9.17, 15) is 9.18 Å². The number of halogens is 1.